The van der Waals surface area contributed by atoms with Crippen LogP contribution in [-0.2, 0) is 23.7 Å². The van der Waals surface area contributed by atoms with Crippen molar-refractivity contribution in [3.63, 3.8) is 0 Å². The summed E-state index contributed by atoms with van der Waals surface area (Å²) < 4.78 is 0. The molecule has 2 heterocycles. The van der Waals surface area contributed by atoms with Gasteiger partial charge in [-0.2, -0.15) is 0 Å². The quantitative estimate of drug-likeness (QED) is 0.227. The van der Waals surface area contributed by atoms with Gasteiger partial charge in [-0.05, 0) is 135 Å². The minimum absolute atomic E-state index is 0.0207. The summed E-state index contributed by atoms with van der Waals surface area (Å²) in [6, 6.07) is 8.81. The summed E-state index contributed by atoms with van der Waals surface area (Å²) in [4.78, 5) is 10.2. The fourth-order valence-corrected chi connectivity index (χ4v) is 7.40. The van der Waals surface area contributed by atoms with Crippen molar-refractivity contribution in [3.8, 4) is 11.5 Å². The average molecular weight is 629 g/mol. The molecule has 6 nitrogen and oxygen atoms in total. The third-order valence-corrected chi connectivity index (χ3v) is 10.6. The summed E-state index contributed by atoms with van der Waals surface area (Å²) in [5, 5.41) is 29.8. The lowest BCUT2D eigenvalue weighted by Crippen LogP contribution is -2.29. The first kappa shape index (κ1) is 34.6. The second kappa shape index (κ2) is 15.0. The summed E-state index contributed by atoms with van der Waals surface area (Å²) in [5.74, 6) is 1.96. The molecule has 3 fully saturated rings. The van der Waals surface area contributed by atoms with Gasteiger partial charge in [-0.15, -0.1) is 0 Å². The molecular weight excluding hydrogens is 568 g/mol. The third-order valence-electron chi connectivity index (χ3n) is 10.6. The Kier molecular flexibility index (Phi) is 11.3. The number of aromatic hydroxyl groups is 2. The van der Waals surface area contributed by atoms with Crippen LogP contribution in [0, 0.1) is 11.8 Å². The Labute approximate surface area is 278 Å². The van der Waals surface area contributed by atoms with Crippen LogP contribution in [0.25, 0.3) is 0 Å². The topological polar surface area (TPSA) is 89.2 Å². The Hall–Kier alpha value is -2.70. The minimum Gasteiger partial charge on any atom is -0.507 e. The highest BCUT2D eigenvalue weighted by Gasteiger charge is 2.26. The van der Waals surface area contributed by atoms with Gasteiger partial charge in [-0.3, -0.25) is 9.98 Å². The van der Waals surface area contributed by atoms with Crippen LogP contribution in [0.1, 0.15) is 126 Å². The molecule has 0 unspecified atom stereocenters. The van der Waals surface area contributed by atoms with Gasteiger partial charge in [0.15, 0.2) is 0 Å². The van der Waals surface area contributed by atoms with Gasteiger partial charge < -0.3 is 20.8 Å². The fraction of sp³-hybridized carbons (Fsp3) is 0.650. The molecule has 46 heavy (non-hydrogen) atoms. The smallest absolute Gasteiger partial charge is 0.127 e. The van der Waals surface area contributed by atoms with E-state index in [1.807, 2.05) is 12.4 Å². The first-order valence-corrected chi connectivity index (χ1v) is 18.1. The van der Waals surface area contributed by atoms with Crippen LogP contribution in [0.2, 0.25) is 0 Å². The first-order chi connectivity index (χ1) is 21.9. The molecule has 4 N–H and O–H groups in total. The van der Waals surface area contributed by atoms with Crippen molar-refractivity contribution in [1.29, 1.82) is 0 Å². The van der Waals surface area contributed by atoms with Gasteiger partial charge in [0.25, 0.3) is 0 Å². The molecule has 0 aromatic heterocycles. The Morgan fingerprint density at radius 2 is 0.978 bits per heavy atom. The van der Waals surface area contributed by atoms with E-state index >= 15 is 0 Å². The van der Waals surface area contributed by atoms with Crippen LogP contribution < -0.4 is 10.6 Å². The van der Waals surface area contributed by atoms with Crippen molar-refractivity contribution in [2.75, 3.05) is 26.2 Å². The molecule has 2 aromatic carbocycles. The molecule has 5 rings (SSSR count). The predicted molar refractivity (Wildman–Crippen MR) is 193 cm³/mol. The van der Waals surface area contributed by atoms with Crippen molar-refractivity contribution in [3.05, 3.63) is 57.6 Å². The van der Waals surface area contributed by atoms with E-state index < -0.39 is 0 Å². The van der Waals surface area contributed by atoms with Gasteiger partial charge in [0, 0.05) is 23.6 Å². The molecule has 1 saturated carbocycles. The normalized spacial score (nSPS) is 22.7. The van der Waals surface area contributed by atoms with E-state index in [1.54, 1.807) is 0 Å². The van der Waals surface area contributed by atoms with Gasteiger partial charge in [-0.1, -0.05) is 66.5 Å². The van der Waals surface area contributed by atoms with Crippen molar-refractivity contribution >= 4 is 12.4 Å². The van der Waals surface area contributed by atoms with Crippen molar-refractivity contribution in [2.24, 2.45) is 21.8 Å². The molecule has 3 aliphatic rings. The average Bonchev–Trinajstić information content (AvgIpc) is 3.02. The van der Waals surface area contributed by atoms with E-state index in [4.69, 9.17) is 9.98 Å². The zero-order valence-corrected chi connectivity index (χ0v) is 29.5. The number of rotatable bonds is 8. The van der Waals surface area contributed by atoms with Gasteiger partial charge in [0.05, 0.1) is 12.1 Å². The molecule has 6 heteroatoms. The Morgan fingerprint density at radius 1 is 0.609 bits per heavy atom. The highest BCUT2D eigenvalue weighted by molar-refractivity contribution is 5.86. The van der Waals surface area contributed by atoms with E-state index in [0.717, 1.165) is 113 Å². The summed E-state index contributed by atoms with van der Waals surface area (Å²) in [6.45, 7) is 17.7. The van der Waals surface area contributed by atoms with Crippen molar-refractivity contribution in [1.82, 2.24) is 10.6 Å². The van der Waals surface area contributed by atoms with Gasteiger partial charge in [0.1, 0.15) is 11.5 Å². The number of hydrogen-bond donors (Lipinski definition) is 4. The van der Waals surface area contributed by atoms with Crippen LogP contribution in [-0.4, -0.2) is 60.9 Å². The van der Waals surface area contributed by atoms with E-state index in [-0.39, 0.29) is 22.9 Å². The summed E-state index contributed by atoms with van der Waals surface area (Å²) in [7, 11) is 0. The van der Waals surface area contributed by atoms with Gasteiger partial charge in [-0.25, -0.2) is 0 Å². The zero-order valence-electron chi connectivity index (χ0n) is 29.5. The highest BCUT2D eigenvalue weighted by atomic mass is 16.3. The molecule has 0 radical (unpaired) electrons. The maximum atomic E-state index is 11.5. The monoisotopic (exact) mass is 628 g/mol. The fourth-order valence-electron chi connectivity index (χ4n) is 7.40. The predicted octanol–water partition coefficient (Wildman–Crippen LogP) is 7.63. The lowest BCUT2D eigenvalue weighted by molar-refractivity contribution is 0.366. The molecule has 2 aromatic rings. The molecule has 1 aliphatic carbocycles. The largest absolute Gasteiger partial charge is 0.507 e. The van der Waals surface area contributed by atoms with Crippen LogP contribution in [0.15, 0.2) is 34.3 Å². The Bertz CT molecular complexity index is 1270. The molecule has 0 bridgehead atoms. The number of phenolic OH excluding ortho intramolecular Hbond substituents is 2. The number of phenols is 2. The van der Waals surface area contributed by atoms with Crippen LogP contribution in [0.4, 0.5) is 0 Å². The van der Waals surface area contributed by atoms with Crippen molar-refractivity contribution in [2.45, 2.75) is 129 Å². The number of hydrogen-bond acceptors (Lipinski definition) is 6. The van der Waals surface area contributed by atoms with E-state index in [9.17, 15) is 10.2 Å². The lowest BCUT2D eigenvalue weighted by Gasteiger charge is -2.27. The van der Waals surface area contributed by atoms with Crippen LogP contribution >= 0.6 is 0 Å². The maximum absolute atomic E-state index is 11.5. The van der Waals surface area contributed by atoms with Crippen molar-refractivity contribution < 1.29 is 10.2 Å². The lowest BCUT2D eigenvalue weighted by atomic mass is 9.82. The molecule has 0 spiro atoms. The van der Waals surface area contributed by atoms with Crippen LogP contribution in [0.5, 0.6) is 11.5 Å². The molecule has 252 valence electrons. The molecule has 0 amide bonds. The second-order valence-corrected chi connectivity index (χ2v) is 16.4. The third kappa shape index (κ3) is 9.01. The summed E-state index contributed by atoms with van der Waals surface area (Å²) >= 11 is 0. The molecular formula is C40H60N4O2. The first-order valence-electron chi connectivity index (χ1n) is 18.1. The summed E-state index contributed by atoms with van der Waals surface area (Å²) in [5.41, 5.74) is 6.18. The SMILES string of the molecule is CC(C)(C)c1cc(C=N[C@@H]2CCCC[C@H]2N=Cc2cc(C(C)(C)C)cc(CC3CCNCC3)c2O)c(O)c(CC2CCNCC2)c1. The van der Waals surface area contributed by atoms with Gasteiger partial charge >= 0.3 is 0 Å². The highest BCUT2D eigenvalue weighted by Crippen LogP contribution is 2.35. The maximum Gasteiger partial charge on any atom is 0.127 e. The zero-order chi connectivity index (χ0) is 32.9. The number of aliphatic imine (C=N–C) groups is 2. The van der Waals surface area contributed by atoms with E-state index in [0.29, 0.717) is 23.3 Å². The molecule has 2 atom stereocenters. The molecule has 2 saturated heterocycles. The molecule has 2 aliphatic heterocycles. The van der Waals surface area contributed by atoms with E-state index in [1.165, 1.54) is 11.1 Å². The van der Waals surface area contributed by atoms with Gasteiger partial charge in [0.2, 0.25) is 0 Å². The number of piperidine rings is 2. The summed E-state index contributed by atoms with van der Waals surface area (Å²) in [6.07, 6.45) is 14.5. The second-order valence-electron chi connectivity index (χ2n) is 16.4. The minimum atomic E-state index is -0.0207. The number of nitrogens with one attached hydrogen (secondary N) is 2. The Balaban J connectivity index is 1.39. The Morgan fingerprint density at radius 3 is 1.33 bits per heavy atom. The standard InChI is InChI=1S/C40H60N4O2/c1-39(2,3)33-21-29(19-27-11-15-41-16-12-27)37(45)31(23-33)25-43-35-9-7-8-10-36(35)44-26-32-24-34(40(4,5)6)22-30(38(32)46)20-28-13-17-42-18-14-28/h21-28,35-36,41-42,45-46H,7-20H2,1-6H3/t35-,36-/m1/s1. The number of nitrogens with zero attached hydrogens (tertiary/aromatic N) is 2. The van der Waals surface area contributed by atoms with Crippen LogP contribution in [0.3, 0.4) is 0 Å². The van der Waals surface area contributed by atoms with E-state index in [2.05, 4.69) is 76.4 Å². The number of benzene rings is 2.